The van der Waals surface area contributed by atoms with Crippen LogP contribution in [-0.4, -0.2) is 24.3 Å². The predicted octanol–water partition coefficient (Wildman–Crippen LogP) is 2.85. The first-order chi connectivity index (χ1) is 8.16. The van der Waals surface area contributed by atoms with Crippen LogP contribution in [0.3, 0.4) is 0 Å². The Morgan fingerprint density at radius 1 is 1.29 bits per heavy atom. The van der Waals surface area contributed by atoms with E-state index in [0.29, 0.717) is 19.4 Å². The minimum absolute atomic E-state index is 0.238. The van der Waals surface area contributed by atoms with Crippen molar-refractivity contribution < 1.29 is 14.6 Å². The van der Waals surface area contributed by atoms with Crippen LogP contribution in [0.1, 0.15) is 39.0 Å². The van der Waals surface area contributed by atoms with Crippen molar-refractivity contribution in [3.8, 4) is 0 Å². The van der Waals surface area contributed by atoms with E-state index in [2.05, 4.69) is 20.1 Å². The summed E-state index contributed by atoms with van der Waals surface area (Å²) < 4.78 is 5.21. The van der Waals surface area contributed by atoms with Crippen LogP contribution >= 0.6 is 0 Å². The van der Waals surface area contributed by atoms with Gasteiger partial charge in [0.15, 0.2) is 0 Å². The third-order valence-corrected chi connectivity index (χ3v) is 2.79. The monoisotopic (exact) mass is 240 g/mol. The zero-order valence-corrected chi connectivity index (χ0v) is 10.8. The zero-order chi connectivity index (χ0) is 13.1. The molecule has 0 aliphatic rings. The molecule has 0 spiro atoms. The van der Waals surface area contributed by atoms with Gasteiger partial charge in [0.2, 0.25) is 0 Å². The van der Waals surface area contributed by atoms with Crippen LogP contribution in [0, 0.1) is 5.41 Å². The molecule has 0 heterocycles. The van der Waals surface area contributed by atoms with Gasteiger partial charge in [-0.2, -0.15) is 0 Å². The van der Waals surface area contributed by atoms with Gasteiger partial charge in [-0.1, -0.05) is 31.9 Å². The third-order valence-electron chi connectivity index (χ3n) is 2.79. The van der Waals surface area contributed by atoms with Gasteiger partial charge in [-0.15, -0.1) is 13.2 Å². The highest BCUT2D eigenvalue weighted by atomic mass is 16.5. The van der Waals surface area contributed by atoms with Gasteiger partial charge in [-0.05, 0) is 19.3 Å². The average Bonchev–Trinajstić information content (AvgIpc) is 2.34. The van der Waals surface area contributed by atoms with E-state index in [1.165, 1.54) is 0 Å². The summed E-state index contributed by atoms with van der Waals surface area (Å²) in [6, 6.07) is 0. The van der Waals surface area contributed by atoms with Crippen molar-refractivity contribution in [1.82, 2.24) is 0 Å². The molecule has 0 aromatic carbocycles. The SMILES string of the molecule is C=CCC(CO)(CC=C)C(=O)OCCCCC. The lowest BCUT2D eigenvalue weighted by molar-refractivity contribution is -0.158. The summed E-state index contributed by atoms with van der Waals surface area (Å²) in [6.45, 7) is 9.50. The van der Waals surface area contributed by atoms with Gasteiger partial charge in [0, 0.05) is 0 Å². The molecule has 0 fully saturated rings. The largest absolute Gasteiger partial charge is 0.465 e. The quantitative estimate of drug-likeness (QED) is 0.363. The number of hydrogen-bond donors (Lipinski definition) is 1. The molecule has 0 aliphatic heterocycles. The fourth-order valence-corrected chi connectivity index (χ4v) is 1.67. The first-order valence-electron chi connectivity index (χ1n) is 6.16. The summed E-state index contributed by atoms with van der Waals surface area (Å²) in [4.78, 5) is 12.0. The van der Waals surface area contributed by atoms with Gasteiger partial charge in [0.05, 0.1) is 18.6 Å². The van der Waals surface area contributed by atoms with Crippen LogP contribution in [-0.2, 0) is 9.53 Å². The Kier molecular flexibility index (Phi) is 8.42. The number of hydrogen-bond acceptors (Lipinski definition) is 3. The van der Waals surface area contributed by atoms with E-state index in [0.717, 1.165) is 19.3 Å². The molecule has 0 aromatic heterocycles. The normalized spacial score (nSPS) is 10.9. The molecule has 0 bridgehead atoms. The van der Waals surface area contributed by atoms with Crippen molar-refractivity contribution in [2.75, 3.05) is 13.2 Å². The smallest absolute Gasteiger partial charge is 0.315 e. The standard InChI is InChI=1S/C14H24O3/c1-4-7-8-11-17-13(16)14(12-15,9-5-2)10-6-3/h5-6,15H,2-4,7-12H2,1H3. The fraction of sp³-hybridized carbons (Fsp3) is 0.643. The second kappa shape index (κ2) is 8.99. The van der Waals surface area contributed by atoms with Crippen molar-refractivity contribution in [2.45, 2.75) is 39.0 Å². The fourth-order valence-electron chi connectivity index (χ4n) is 1.67. The number of carbonyl (C=O) groups is 1. The molecule has 17 heavy (non-hydrogen) atoms. The molecule has 3 heteroatoms. The molecule has 0 saturated carbocycles. The second-order valence-electron chi connectivity index (χ2n) is 4.27. The molecule has 0 unspecified atom stereocenters. The van der Waals surface area contributed by atoms with Gasteiger partial charge in [0.1, 0.15) is 0 Å². The molecule has 0 radical (unpaired) electrons. The number of aliphatic hydroxyl groups is 1. The lowest BCUT2D eigenvalue weighted by Crippen LogP contribution is -2.36. The number of carbonyl (C=O) groups excluding carboxylic acids is 1. The number of unbranched alkanes of at least 4 members (excludes halogenated alkanes) is 2. The molecular formula is C14H24O3. The highest BCUT2D eigenvalue weighted by molar-refractivity contribution is 5.77. The Morgan fingerprint density at radius 2 is 1.88 bits per heavy atom. The van der Waals surface area contributed by atoms with E-state index in [9.17, 15) is 9.90 Å². The van der Waals surface area contributed by atoms with Crippen LogP contribution in [0.25, 0.3) is 0 Å². The molecule has 1 N–H and O–H groups in total. The number of aliphatic hydroxyl groups excluding tert-OH is 1. The molecule has 0 rings (SSSR count). The molecule has 0 saturated heterocycles. The maximum atomic E-state index is 12.0. The van der Waals surface area contributed by atoms with Crippen molar-refractivity contribution in [1.29, 1.82) is 0 Å². The van der Waals surface area contributed by atoms with Gasteiger partial charge >= 0.3 is 5.97 Å². The van der Waals surface area contributed by atoms with E-state index in [-0.39, 0.29) is 12.6 Å². The second-order valence-corrected chi connectivity index (χ2v) is 4.27. The Hall–Kier alpha value is -1.09. The minimum Gasteiger partial charge on any atom is -0.465 e. The van der Waals surface area contributed by atoms with Crippen LogP contribution in [0.5, 0.6) is 0 Å². The highest BCUT2D eigenvalue weighted by Gasteiger charge is 2.37. The van der Waals surface area contributed by atoms with Crippen molar-refractivity contribution >= 4 is 5.97 Å². The molecular weight excluding hydrogens is 216 g/mol. The third kappa shape index (κ3) is 5.18. The first kappa shape index (κ1) is 15.9. The molecule has 98 valence electrons. The number of ether oxygens (including phenoxy) is 1. The summed E-state index contributed by atoms with van der Waals surface area (Å²) in [5.41, 5.74) is -0.893. The van der Waals surface area contributed by atoms with Crippen molar-refractivity contribution in [3.05, 3.63) is 25.3 Å². The summed E-state index contributed by atoms with van der Waals surface area (Å²) in [6.07, 6.45) is 7.07. The van der Waals surface area contributed by atoms with E-state index in [1.54, 1.807) is 12.2 Å². The summed E-state index contributed by atoms with van der Waals surface area (Å²) in [5, 5.41) is 9.42. The lowest BCUT2D eigenvalue weighted by Gasteiger charge is -2.27. The summed E-state index contributed by atoms with van der Waals surface area (Å²) >= 11 is 0. The first-order valence-corrected chi connectivity index (χ1v) is 6.16. The van der Waals surface area contributed by atoms with E-state index < -0.39 is 5.41 Å². The molecule has 0 atom stereocenters. The van der Waals surface area contributed by atoms with Gasteiger partial charge in [-0.25, -0.2) is 0 Å². The minimum atomic E-state index is -0.893. The van der Waals surface area contributed by atoms with E-state index in [1.807, 2.05) is 0 Å². The lowest BCUT2D eigenvalue weighted by atomic mass is 9.82. The number of allylic oxidation sites excluding steroid dienone is 2. The summed E-state index contributed by atoms with van der Waals surface area (Å²) in [5.74, 6) is -0.351. The van der Waals surface area contributed by atoms with Crippen molar-refractivity contribution in [2.24, 2.45) is 5.41 Å². The molecule has 0 aromatic rings. The van der Waals surface area contributed by atoms with Crippen LogP contribution in [0.2, 0.25) is 0 Å². The molecule has 0 aliphatic carbocycles. The Morgan fingerprint density at radius 3 is 2.29 bits per heavy atom. The van der Waals surface area contributed by atoms with Crippen LogP contribution in [0.4, 0.5) is 0 Å². The van der Waals surface area contributed by atoms with Gasteiger partial charge in [-0.3, -0.25) is 4.79 Å². The maximum absolute atomic E-state index is 12.0. The highest BCUT2D eigenvalue weighted by Crippen LogP contribution is 2.29. The van der Waals surface area contributed by atoms with Gasteiger partial charge in [0.25, 0.3) is 0 Å². The summed E-state index contributed by atoms with van der Waals surface area (Å²) in [7, 11) is 0. The average molecular weight is 240 g/mol. The van der Waals surface area contributed by atoms with Crippen molar-refractivity contribution in [3.63, 3.8) is 0 Å². The number of esters is 1. The van der Waals surface area contributed by atoms with Crippen LogP contribution in [0.15, 0.2) is 25.3 Å². The molecule has 0 amide bonds. The predicted molar refractivity (Wildman–Crippen MR) is 69.6 cm³/mol. The Labute approximate surface area is 104 Å². The topological polar surface area (TPSA) is 46.5 Å². The van der Waals surface area contributed by atoms with Crippen LogP contribution < -0.4 is 0 Å². The van der Waals surface area contributed by atoms with Gasteiger partial charge < -0.3 is 9.84 Å². The van der Waals surface area contributed by atoms with E-state index >= 15 is 0 Å². The Bertz CT molecular complexity index is 236. The number of rotatable bonds is 10. The maximum Gasteiger partial charge on any atom is 0.315 e. The van der Waals surface area contributed by atoms with E-state index in [4.69, 9.17) is 4.74 Å². The molecule has 3 nitrogen and oxygen atoms in total. The zero-order valence-electron chi connectivity index (χ0n) is 10.8. The Balaban J connectivity index is 4.40.